The molecule has 0 saturated carbocycles. The monoisotopic (exact) mass is 329 g/mol. The molecule has 1 heterocycles. The first kappa shape index (κ1) is 16.6. The second kappa shape index (κ2) is 7.02. The molecule has 1 aromatic carbocycles. The van der Waals surface area contributed by atoms with Crippen LogP contribution in [0.1, 0.15) is 10.4 Å². The van der Waals surface area contributed by atoms with E-state index < -0.39 is 41.9 Å². The van der Waals surface area contributed by atoms with Gasteiger partial charge in [0.25, 0.3) is 0 Å². The van der Waals surface area contributed by atoms with Gasteiger partial charge in [-0.05, 0) is 0 Å². The van der Waals surface area contributed by atoms with E-state index in [0.717, 1.165) is 6.07 Å². The summed E-state index contributed by atoms with van der Waals surface area (Å²) in [6, 6.07) is 0.835. The highest BCUT2D eigenvalue weighted by atomic mass is 19.1. The van der Waals surface area contributed by atoms with Crippen LogP contribution in [0.2, 0.25) is 0 Å². The second-order valence-electron chi connectivity index (χ2n) is 4.29. The zero-order valence-corrected chi connectivity index (χ0v) is 11.7. The number of hydrogen-bond donors (Lipinski definition) is 5. The molecule has 0 bridgehead atoms. The number of carboxylic acids is 1. The Morgan fingerprint density at radius 1 is 1.52 bits per heavy atom. The molecule has 0 fully saturated rings. The van der Waals surface area contributed by atoms with Gasteiger partial charge in [0.2, 0.25) is 5.96 Å². The highest BCUT2D eigenvalue weighted by molar-refractivity contribution is 6.44. The maximum Gasteiger partial charge on any atom is 0.563 e. The normalized spacial score (nSPS) is 12.7. The fourth-order valence-corrected chi connectivity index (χ4v) is 1.80. The number of hydroxylamine groups is 1. The van der Waals surface area contributed by atoms with Crippen LogP contribution in [0.4, 0.5) is 4.39 Å². The van der Waals surface area contributed by atoms with E-state index in [9.17, 15) is 19.3 Å². The van der Waals surface area contributed by atoms with Crippen molar-refractivity contribution in [3.8, 4) is 17.2 Å². The summed E-state index contributed by atoms with van der Waals surface area (Å²) >= 11 is 0. The zero-order valence-electron chi connectivity index (χ0n) is 11.7. The summed E-state index contributed by atoms with van der Waals surface area (Å²) in [4.78, 5) is 16.1. The quantitative estimate of drug-likeness (QED) is 0.147. The van der Waals surface area contributed by atoms with Crippen LogP contribution in [0, 0.1) is 11.2 Å². The van der Waals surface area contributed by atoms with E-state index in [0.29, 0.717) is 0 Å². The van der Waals surface area contributed by atoms with Crippen LogP contribution in [0.15, 0.2) is 6.07 Å². The first-order valence-corrected chi connectivity index (χ1v) is 6.32. The van der Waals surface area contributed by atoms with Crippen molar-refractivity contribution in [1.82, 2.24) is 5.48 Å². The minimum atomic E-state index is -1.45. The van der Waals surface area contributed by atoms with Crippen molar-refractivity contribution in [2.24, 2.45) is 5.73 Å². The summed E-state index contributed by atoms with van der Waals surface area (Å²) in [5.41, 5.74) is 6.55. The van der Waals surface area contributed by atoms with Crippen LogP contribution in [-0.4, -0.2) is 48.9 Å². The van der Waals surface area contributed by atoms with Gasteiger partial charge in [-0.3, -0.25) is 10.2 Å². The molecular weight excluding hydrogens is 316 g/mol. The Morgan fingerprint density at radius 2 is 2.26 bits per heavy atom. The Hall–Kier alpha value is -2.73. The summed E-state index contributed by atoms with van der Waals surface area (Å²) in [6.45, 7) is -0.590. The van der Waals surface area contributed by atoms with Crippen LogP contribution in [0.3, 0.4) is 0 Å². The minimum Gasteiger partial charge on any atom is -0.531 e. The Morgan fingerprint density at radius 3 is 2.91 bits per heavy atom. The van der Waals surface area contributed by atoms with E-state index in [1.165, 1.54) is 0 Å². The molecule has 0 aromatic heterocycles. The van der Waals surface area contributed by atoms with Gasteiger partial charge in [-0.2, -0.15) is 0 Å². The third kappa shape index (κ3) is 3.93. The van der Waals surface area contributed by atoms with Gasteiger partial charge in [-0.1, -0.05) is 0 Å². The highest BCUT2D eigenvalue weighted by Gasteiger charge is 2.34. The lowest BCUT2D eigenvalue weighted by atomic mass is 9.91. The predicted octanol–water partition coefficient (Wildman–Crippen LogP) is -0.892. The molecule has 1 aliphatic rings. The average molecular weight is 329 g/mol. The lowest BCUT2D eigenvalue weighted by Gasteiger charge is -2.23. The van der Waals surface area contributed by atoms with Crippen molar-refractivity contribution in [2.75, 3.05) is 19.7 Å². The second-order valence-corrected chi connectivity index (χ2v) is 4.29. The Balaban J connectivity index is 2.18. The third-order valence-electron chi connectivity index (χ3n) is 2.62. The molecule has 6 N–H and O–H groups in total. The van der Waals surface area contributed by atoms with E-state index in [4.69, 9.17) is 30.1 Å². The number of halogens is 1. The number of nitrogens with one attached hydrogen (secondary N) is 2. The lowest BCUT2D eigenvalue weighted by Crippen LogP contribution is -2.35. The van der Waals surface area contributed by atoms with Crippen LogP contribution in [0.25, 0.3) is 0 Å². The van der Waals surface area contributed by atoms with Gasteiger partial charge in [0.1, 0.15) is 31.0 Å². The van der Waals surface area contributed by atoms with Gasteiger partial charge in [-0.25, -0.2) is 14.7 Å². The van der Waals surface area contributed by atoms with Crippen LogP contribution in [0.5, 0.6) is 17.2 Å². The number of aromatic carboxylic acids is 1. The summed E-state index contributed by atoms with van der Waals surface area (Å²) in [6.07, 6.45) is 0. The first-order valence-electron chi connectivity index (χ1n) is 6.32. The zero-order chi connectivity index (χ0) is 17.0. The van der Waals surface area contributed by atoms with Gasteiger partial charge in [0, 0.05) is 6.07 Å². The Kier molecular flexibility index (Phi) is 5.08. The van der Waals surface area contributed by atoms with Crippen molar-refractivity contribution in [1.29, 1.82) is 5.41 Å². The molecule has 0 unspecified atom stereocenters. The lowest BCUT2D eigenvalue weighted by molar-refractivity contribution is 0.0564. The smallest absolute Gasteiger partial charge is 0.531 e. The van der Waals surface area contributed by atoms with E-state index in [2.05, 4.69) is 0 Å². The van der Waals surface area contributed by atoms with Crippen molar-refractivity contribution in [2.45, 2.75) is 0 Å². The molecule has 1 aromatic rings. The molecular formula is C11H13BFN3O7. The minimum absolute atomic E-state index is 0.0999. The molecule has 0 atom stereocenters. The van der Waals surface area contributed by atoms with E-state index in [1.54, 1.807) is 0 Å². The molecule has 124 valence electrons. The largest absolute Gasteiger partial charge is 0.563 e. The van der Waals surface area contributed by atoms with Crippen LogP contribution >= 0.6 is 0 Å². The molecule has 0 spiro atoms. The van der Waals surface area contributed by atoms with Crippen molar-refractivity contribution in [3.63, 3.8) is 0 Å². The predicted molar refractivity (Wildman–Crippen MR) is 74.0 cm³/mol. The molecule has 0 radical (unpaired) electrons. The molecule has 23 heavy (non-hydrogen) atoms. The van der Waals surface area contributed by atoms with Gasteiger partial charge in [-0.15, -0.1) is 0 Å². The van der Waals surface area contributed by atoms with Crippen molar-refractivity contribution in [3.05, 3.63) is 17.4 Å². The molecule has 12 heteroatoms. The summed E-state index contributed by atoms with van der Waals surface area (Å²) in [7, 11) is -1.42. The number of ether oxygens (including phenoxy) is 2. The third-order valence-corrected chi connectivity index (χ3v) is 2.62. The summed E-state index contributed by atoms with van der Waals surface area (Å²) in [5, 5.41) is 25.5. The van der Waals surface area contributed by atoms with Crippen molar-refractivity contribution >= 4 is 19.0 Å². The van der Waals surface area contributed by atoms with Gasteiger partial charge < -0.3 is 30.0 Å². The van der Waals surface area contributed by atoms with Gasteiger partial charge in [0.15, 0.2) is 17.3 Å². The van der Waals surface area contributed by atoms with E-state index in [1.807, 2.05) is 5.48 Å². The topological polar surface area (TPSA) is 156 Å². The molecule has 2 rings (SSSR count). The first-order chi connectivity index (χ1) is 10.9. The summed E-state index contributed by atoms with van der Waals surface area (Å²) in [5.74, 6) is -3.94. The number of benzene rings is 1. The number of carboxylic acid groups (broad SMARTS) is 1. The standard InChI is InChI=1S/C11H13BFN3O7/c13-5-3-6(20-1-2-22-16-11(14)15)7(10(17)18)9-8(5)21-4-12(19)23-9/h3,19H,1-2,4H2,(H,17,18)(H4,14,15,16). The Bertz CT molecular complexity index is 630. The molecule has 0 aliphatic carbocycles. The SMILES string of the molecule is N=C(N)NOCCOc1cc(F)c2c(c1C(=O)O)OB(O)CO2. The van der Waals surface area contributed by atoms with E-state index >= 15 is 0 Å². The number of hydrogen-bond acceptors (Lipinski definition) is 7. The van der Waals surface area contributed by atoms with Crippen LogP contribution < -0.4 is 25.3 Å². The molecule has 0 amide bonds. The van der Waals surface area contributed by atoms with E-state index in [-0.39, 0.29) is 25.5 Å². The number of nitrogens with two attached hydrogens (primary N) is 1. The van der Waals surface area contributed by atoms with Crippen molar-refractivity contribution < 1.29 is 38.3 Å². The van der Waals surface area contributed by atoms with Crippen LogP contribution in [-0.2, 0) is 4.84 Å². The fourth-order valence-electron chi connectivity index (χ4n) is 1.80. The van der Waals surface area contributed by atoms with Gasteiger partial charge in [0.05, 0.1) is 0 Å². The number of fused-ring (bicyclic) bond motifs is 1. The maximum atomic E-state index is 13.9. The Labute approximate surface area is 129 Å². The number of guanidine groups is 1. The number of carbonyl (C=O) groups is 1. The summed E-state index contributed by atoms with van der Waals surface area (Å²) < 4.78 is 29.0. The maximum absolute atomic E-state index is 13.9. The molecule has 10 nitrogen and oxygen atoms in total. The molecule has 0 saturated heterocycles. The number of rotatable bonds is 6. The molecule has 1 aliphatic heterocycles. The average Bonchev–Trinajstić information content (AvgIpc) is 2.45. The highest BCUT2D eigenvalue weighted by Crippen LogP contribution is 2.42. The fraction of sp³-hybridized carbons (Fsp3) is 0.273. The van der Waals surface area contributed by atoms with Gasteiger partial charge >= 0.3 is 13.1 Å².